The van der Waals surface area contributed by atoms with E-state index in [0.29, 0.717) is 0 Å². The molecular weight excluding hydrogens is 242 g/mol. The Morgan fingerprint density at radius 1 is 1.15 bits per heavy atom. The lowest BCUT2D eigenvalue weighted by atomic mass is 9.76. The normalized spacial score (nSPS) is 27.9. The average Bonchev–Trinajstić information content (AvgIpc) is 2.64. The summed E-state index contributed by atoms with van der Waals surface area (Å²) in [7, 11) is 0. The van der Waals surface area contributed by atoms with Crippen LogP contribution in [0.3, 0.4) is 0 Å². The molecule has 2 aliphatic rings. The Labute approximate surface area is 124 Å². The minimum absolute atomic E-state index is 0.255. The molecule has 1 saturated carbocycles. The Kier molecular flexibility index (Phi) is 4.45. The van der Waals surface area contributed by atoms with Crippen LogP contribution in [0.4, 0.5) is 0 Å². The topological polar surface area (TPSA) is 12.0 Å². The molecule has 0 amide bonds. The minimum atomic E-state index is 0.255. The Hall–Kier alpha value is -0.820. The predicted octanol–water partition coefficient (Wildman–Crippen LogP) is 5.11. The van der Waals surface area contributed by atoms with E-state index < -0.39 is 0 Å². The van der Waals surface area contributed by atoms with E-state index in [4.69, 9.17) is 0 Å². The molecule has 0 radical (unpaired) electrons. The molecule has 1 heteroatoms. The zero-order valence-electron chi connectivity index (χ0n) is 13.0. The summed E-state index contributed by atoms with van der Waals surface area (Å²) in [6.45, 7) is 3.51. The maximum absolute atomic E-state index is 3.91. The van der Waals surface area contributed by atoms with Crippen LogP contribution >= 0.6 is 0 Å². The van der Waals surface area contributed by atoms with Gasteiger partial charge in [-0.25, -0.2) is 0 Å². The molecule has 1 nitrogen and oxygen atoms in total. The van der Waals surface area contributed by atoms with Crippen molar-refractivity contribution in [2.45, 2.75) is 76.2 Å². The van der Waals surface area contributed by atoms with Gasteiger partial charge in [0.05, 0.1) is 0 Å². The maximum Gasteiger partial charge on any atom is 0.0434 e. The van der Waals surface area contributed by atoms with E-state index in [1.807, 2.05) is 0 Å². The SMILES string of the molecule is CCCC1(c2cccc(C3CCC3)c2)CCCCCN1. The summed E-state index contributed by atoms with van der Waals surface area (Å²) in [5, 5.41) is 3.91. The zero-order chi connectivity index (χ0) is 13.8. The van der Waals surface area contributed by atoms with Crippen molar-refractivity contribution in [1.82, 2.24) is 5.32 Å². The molecule has 0 spiro atoms. The van der Waals surface area contributed by atoms with Crippen molar-refractivity contribution in [3.05, 3.63) is 35.4 Å². The molecule has 1 atom stereocenters. The largest absolute Gasteiger partial charge is 0.307 e. The van der Waals surface area contributed by atoms with Crippen LogP contribution in [-0.4, -0.2) is 6.54 Å². The van der Waals surface area contributed by atoms with Crippen molar-refractivity contribution in [3.8, 4) is 0 Å². The second-order valence-electron chi connectivity index (χ2n) is 6.82. The van der Waals surface area contributed by atoms with E-state index in [1.165, 1.54) is 64.3 Å². The monoisotopic (exact) mass is 271 g/mol. The van der Waals surface area contributed by atoms with Crippen LogP contribution in [0.1, 0.15) is 81.8 Å². The van der Waals surface area contributed by atoms with Gasteiger partial charge in [0.1, 0.15) is 0 Å². The molecule has 1 unspecified atom stereocenters. The molecular formula is C19H29N. The van der Waals surface area contributed by atoms with Crippen LogP contribution in [-0.2, 0) is 5.54 Å². The summed E-state index contributed by atoms with van der Waals surface area (Å²) in [6, 6.07) is 9.55. The van der Waals surface area contributed by atoms with Crippen LogP contribution < -0.4 is 5.32 Å². The summed E-state index contributed by atoms with van der Waals surface area (Å²) < 4.78 is 0. The zero-order valence-corrected chi connectivity index (χ0v) is 13.0. The molecule has 1 aliphatic heterocycles. The van der Waals surface area contributed by atoms with Gasteiger partial charge in [-0.05, 0) is 55.7 Å². The first-order valence-corrected chi connectivity index (χ1v) is 8.69. The highest BCUT2D eigenvalue weighted by molar-refractivity contribution is 5.33. The summed E-state index contributed by atoms with van der Waals surface area (Å²) in [5.74, 6) is 0.847. The van der Waals surface area contributed by atoms with Crippen LogP contribution in [0, 0.1) is 0 Å². The van der Waals surface area contributed by atoms with Crippen molar-refractivity contribution in [3.63, 3.8) is 0 Å². The number of hydrogen-bond acceptors (Lipinski definition) is 1. The van der Waals surface area contributed by atoms with Gasteiger partial charge >= 0.3 is 0 Å². The smallest absolute Gasteiger partial charge is 0.0434 e. The van der Waals surface area contributed by atoms with Crippen LogP contribution in [0.15, 0.2) is 24.3 Å². The van der Waals surface area contributed by atoms with Crippen LogP contribution in [0.2, 0.25) is 0 Å². The fourth-order valence-electron chi connectivity index (χ4n) is 4.01. The Morgan fingerprint density at radius 2 is 2.05 bits per heavy atom. The van der Waals surface area contributed by atoms with Crippen molar-refractivity contribution in [1.29, 1.82) is 0 Å². The molecule has 0 aromatic heterocycles. The first-order valence-electron chi connectivity index (χ1n) is 8.69. The van der Waals surface area contributed by atoms with Crippen LogP contribution in [0.5, 0.6) is 0 Å². The molecule has 3 rings (SSSR count). The van der Waals surface area contributed by atoms with E-state index in [1.54, 1.807) is 11.1 Å². The van der Waals surface area contributed by atoms with E-state index in [2.05, 4.69) is 36.5 Å². The second kappa shape index (κ2) is 6.30. The van der Waals surface area contributed by atoms with Crippen molar-refractivity contribution >= 4 is 0 Å². The van der Waals surface area contributed by atoms with E-state index in [0.717, 1.165) is 5.92 Å². The Morgan fingerprint density at radius 3 is 2.80 bits per heavy atom. The lowest BCUT2D eigenvalue weighted by Gasteiger charge is -2.36. The summed E-state index contributed by atoms with van der Waals surface area (Å²) in [4.78, 5) is 0. The number of benzene rings is 1. The van der Waals surface area contributed by atoms with Gasteiger partial charge in [-0.3, -0.25) is 0 Å². The first-order chi connectivity index (χ1) is 9.84. The molecule has 2 fully saturated rings. The standard InChI is InChI=1S/C19H29N/c1-2-12-19(13-4-3-5-14-20-19)18-11-7-10-17(15-18)16-8-6-9-16/h7,10-11,15-16,20H,2-6,8-9,12-14H2,1H3. The second-order valence-corrected chi connectivity index (χ2v) is 6.82. The van der Waals surface area contributed by atoms with Gasteiger partial charge in [-0.1, -0.05) is 56.9 Å². The Bertz CT molecular complexity index is 425. The number of nitrogens with one attached hydrogen (secondary N) is 1. The average molecular weight is 271 g/mol. The number of hydrogen-bond donors (Lipinski definition) is 1. The fourth-order valence-corrected chi connectivity index (χ4v) is 4.01. The lowest BCUT2D eigenvalue weighted by Crippen LogP contribution is -2.41. The molecule has 1 aliphatic carbocycles. The molecule has 1 N–H and O–H groups in total. The fraction of sp³-hybridized carbons (Fsp3) is 0.684. The third-order valence-electron chi connectivity index (χ3n) is 5.44. The molecule has 1 saturated heterocycles. The van der Waals surface area contributed by atoms with Crippen molar-refractivity contribution < 1.29 is 0 Å². The van der Waals surface area contributed by atoms with E-state index in [-0.39, 0.29) is 5.54 Å². The van der Waals surface area contributed by atoms with Crippen molar-refractivity contribution in [2.75, 3.05) is 6.54 Å². The van der Waals surface area contributed by atoms with Gasteiger partial charge in [0.2, 0.25) is 0 Å². The van der Waals surface area contributed by atoms with Gasteiger partial charge in [0.25, 0.3) is 0 Å². The maximum atomic E-state index is 3.91. The van der Waals surface area contributed by atoms with Gasteiger partial charge in [0.15, 0.2) is 0 Å². The highest BCUT2D eigenvalue weighted by Gasteiger charge is 2.32. The highest BCUT2D eigenvalue weighted by atomic mass is 15.0. The van der Waals surface area contributed by atoms with Gasteiger partial charge in [0, 0.05) is 5.54 Å². The van der Waals surface area contributed by atoms with Gasteiger partial charge in [-0.2, -0.15) is 0 Å². The summed E-state index contributed by atoms with van der Waals surface area (Å²) in [5.41, 5.74) is 3.41. The van der Waals surface area contributed by atoms with E-state index >= 15 is 0 Å². The molecule has 1 heterocycles. The molecule has 20 heavy (non-hydrogen) atoms. The number of rotatable bonds is 4. The van der Waals surface area contributed by atoms with Gasteiger partial charge in [-0.15, -0.1) is 0 Å². The van der Waals surface area contributed by atoms with Gasteiger partial charge < -0.3 is 5.32 Å². The summed E-state index contributed by atoms with van der Waals surface area (Å²) >= 11 is 0. The van der Waals surface area contributed by atoms with E-state index in [9.17, 15) is 0 Å². The van der Waals surface area contributed by atoms with Crippen molar-refractivity contribution in [2.24, 2.45) is 0 Å². The quantitative estimate of drug-likeness (QED) is 0.802. The molecule has 110 valence electrons. The highest BCUT2D eigenvalue weighted by Crippen LogP contribution is 2.40. The third-order valence-corrected chi connectivity index (χ3v) is 5.44. The minimum Gasteiger partial charge on any atom is -0.307 e. The lowest BCUT2D eigenvalue weighted by molar-refractivity contribution is 0.296. The van der Waals surface area contributed by atoms with Crippen LogP contribution in [0.25, 0.3) is 0 Å². The predicted molar refractivity (Wildman–Crippen MR) is 86.1 cm³/mol. The molecule has 1 aromatic carbocycles. The summed E-state index contributed by atoms with van der Waals surface area (Å²) in [6.07, 6.45) is 12.2. The Balaban J connectivity index is 1.89. The first kappa shape index (κ1) is 14.1. The third kappa shape index (κ3) is 2.79. The molecule has 0 bridgehead atoms. The molecule has 1 aromatic rings.